The molecule has 0 aliphatic rings. The summed E-state index contributed by atoms with van der Waals surface area (Å²) in [5.41, 5.74) is 0.466. The van der Waals surface area contributed by atoms with Crippen LogP contribution in [0.25, 0.3) is 0 Å². The van der Waals surface area contributed by atoms with Crippen molar-refractivity contribution in [3.63, 3.8) is 0 Å². The lowest BCUT2D eigenvalue weighted by atomic mass is 10.2. The third-order valence-corrected chi connectivity index (χ3v) is 2.27. The average Bonchev–Trinajstić information content (AvgIpc) is 2.19. The van der Waals surface area contributed by atoms with Gasteiger partial charge in [-0.2, -0.15) is 5.26 Å². The Morgan fingerprint density at radius 3 is 2.93 bits per heavy atom. The van der Waals surface area contributed by atoms with Gasteiger partial charge in [0.15, 0.2) is 0 Å². The van der Waals surface area contributed by atoms with Crippen molar-refractivity contribution in [2.45, 2.75) is 13.3 Å². The maximum atomic E-state index is 10.7. The predicted molar refractivity (Wildman–Crippen MR) is 59.7 cm³/mol. The molecule has 0 aliphatic carbocycles. The zero-order valence-electron chi connectivity index (χ0n) is 8.29. The van der Waals surface area contributed by atoms with E-state index in [1.54, 1.807) is 18.2 Å². The van der Waals surface area contributed by atoms with Crippen LogP contribution >= 0.6 is 15.9 Å². The van der Waals surface area contributed by atoms with Crippen LogP contribution in [0, 0.1) is 11.3 Å². The Bertz CT molecular complexity index is 410. The van der Waals surface area contributed by atoms with Crippen LogP contribution in [-0.2, 0) is 4.79 Å². The second-order valence-electron chi connectivity index (χ2n) is 3.05. The quantitative estimate of drug-likeness (QED) is 0.843. The van der Waals surface area contributed by atoms with Crippen molar-refractivity contribution in [2.75, 3.05) is 6.61 Å². The summed E-state index contributed by atoms with van der Waals surface area (Å²) in [5, 5.41) is 8.83. The minimum atomic E-state index is 0.0746. The van der Waals surface area contributed by atoms with E-state index in [0.29, 0.717) is 24.3 Å². The maximum Gasteiger partial charge on any atom is 0.137 e. The lowest BCUT2D eigenvalue weighted by Gasteiger charge is -2.06. The van der Waals surface area contributed by atoms with Crippen LogP contribution in [0.2, 0.25) is 0 Å². The minimum Gasteiger partial charge on any atom is -0.492 e. The summed E-state index contributed by atoms with van der Waals surface area (Å²) >= 11 is 3.27. The van der Waals surface area contributed by atoms with E-state index in [-0.39, 0.29) is 5.78 Å². The molecule has 1 aromatic rings. The number of benzene rings is 1. The zero-order valence-corrected chi connectivity index (χ0v) is 9.87. The molecule has 1 rings (SSSR count). The highest BCUT2D eigenvalue weighted by Crippen LogP contribution is 2.22. The number of nitriles is 1. The highest BCUT2D eigenvalue weighted by molar-refractivity contribution is 9.10. The van der Waals surface area contributed by atoms with E-state index in [0.717, 1.165) is 4.47 Å². The molecule has 0 amide bonds. The molecule has 4 heteroatoms. The summed E-state index contributed by atoms with van der Waals surface area (Å²) in [5.74, 6) is 0.590. The average molecular weight is 268 g/mol. The summed E-state index contributed by atoms with van der Waals surface area (Å²) < 4.78 is 6.16. The lowest BCUT2D eigenvalue weighted by molar-refractivity contribution is -0.117. The molecular weight excluding hydrogens is 258 g/mol. The first kappa shape index (κ1) is 11.7. The summed E-state index contributed by atoms with van der Waals surface area (Å²) in [6.07, 6.45) is 0.362. The van der Waals surface area contributed by atoms with Gasteiger partial charge in [-0.15, -0.1) is 0 Å². The van der Waals surface area contributed by atoms with Crippen LogP contribution < -0.4 is 4.74 Å². The minimum absolute atomic E-state index is 0.0746. The number of ketones is 1. The molecule has 1 aromatic carbocycles. The summed E-state index contributed by atoms with van der Waals surface area (Å²) in [7, 11) is 0. The monoisotopic (exact) mass is 267 g/mol. The van der Waals surface area contributed by atoms with Crippen LogP contribution in [0.5, 0.6) is 5.75 Å². The maximum absolute atomic E-state index is 10.7. The van der Waals surface area contributed by atoms with Gasteiger partial charge in [-0.3, -0.25) is 4.79 Å². The number of ether oxygens (including phenoxy) is 1. The summed E-state index contributed by atoms with van der Waals surface area (Å²) in [6, 6.07) is 7.22. The molecule has 0 unspecified atom stereocenters. The molecule has 0 aliphatic heterocycles. The van der Waals surface area contributed by atoms with Gasteiger partial charge >= 0.3 is 0 Å². The first-order valence-corrected chi connectivity index (χ1v) is 5.24. The highest BCUT2D eigenvalue weighted by Gasteiger charge is 2.04. The predicted octanol–water partition coefficient (Wildman–Crippen LogP) is 2.68. The standard InChI is InChI=1S/C11H10BrNO2/c1-8(14)4-5-15-11-3-2-10(12)6-9(11)7-13/h2-3,6H,4-5H2,1H3. The topological polar surface area (TPSA) is 50.1 Å². The van der Waals surface area contributed by atoms with Gasteiger partial charge in [0.2, 0.25) is 0 Å². The van der Waals surface area contributed by atoms with Crippen molar-refractivity contribution in [2.24, 2.45) is 0 Å². The van der Waals surface area contributed by atoms with Gasteiger partial charge in [-0.05, 0) is 25.1 Å². The molecular formula is C11H10BrNO2. The summed E-state index contributed by atoms with van der Waals surface area (Å²) in [6.45, 7) is 1.82. The van der Waals surface area contributed by atoms with Crippen LogP contribution in [-0.4, -0.2) is 12.4 Å². The molecule has 0 N–H and O–H groups in total. The van der Waals surface area contributed by atoms with Gasteiger partial charge in [0.1, 0.15) is 17.6 Å². The van der Waals surface area contributed by atoms with E-state index < -0.39 is 0 Å². The Labute approximate surface area is 96.8 Å². The Morgan fingerprint density at radius 2 is 2.33 bits per heavy atom. The van der Waals surface area contributed by atoms with Crippen LogP contribution in [0.15, 0.2) is 22.7 Å². The van der Waals surface area contributed by atoms with Gasteiger partial charge in [-0.1, -0.05) is 15.9 Å². The Balaban J connectivity index is 2.69. The van der Waals surface area contributed by atoms with Crippen molar-refractivity contribution in [3.05, 3.63) is 28.2 Å². The zero-order chi connectivity index (χ0) is 11.3. The van der Waals surface area contributed by atoms with Crippen LogP contribution in [0.1, 0.15) is 18.9 Å². The van der Waals surface area contributed by atoms with Gasteiger partial charge in [0.25, 0.3) is 0 Å². The molecule has 0 radical (unpaired) electrons. The number of carbonyl (C=O) groups is 1. The third kappa shape index (κ3) is 3.72. The number of Topliss-reactive ketones (excluding diaryl/α,β-unsaturated/α-hetero) is 1. The first-order chi connectivity index (χ1) is 7.13. The smallest absolute Gasteiger partial charge is 0.137 e. The fourth-order valence-corrected chi connectivity index (χ4v) is 1.38. The fourth-order valence-electron chi connectivity index (χ4n) is 1.02. The van der Waals surface area contributed by atoms with E-state index in [2.05, 4.69) is 15.9 Å². The normalized spacial score (nSPS) is 9.40. The largest absolute Gasteiger partial charge is 0.492 e. The van der Waals surface area contributed by atoms with Gasteiger partial charge in [-0.25, -0.2) is 0 Å². The van der Waals surface area contributed by atoms with Crippen molar-refractivity contribution < 1.29 is 9.53 Å². The molecule has 0 saturated carbocycles. The molecule has 3 nitrogen and oxygen atoms in total. The van der Waals surface area contributed by atoms with Gasteiger partial charge in [0, 0.05) is 10.9 Å². The molecule has 0 bridgehead atoms. The fraction of sp³-hybridized carbons (Fsp3) is 0.273. The second kappa shape index (κ2) is 5.52. The van der Waals surface area contributed by atoms with Crippen LogP contribution in [0.3, 0.4) is 0 Å². The lowest BCUT2D eigenvalue weighted by Crippen LogP contribution is -2.03. The van der Waals surface area contributed by atoms with Gasteiger partial charge in [0.05, 0.1) is 12.2 Å². The van der Waals surface area contributed by atoms with Crippen molar-refractivity contribution in [1.29, 1.82) is 5.26 Å². The van der Waals surface area contributed by atoms with E-state index in [1.807, 2.05) is 6.07 Å². The SMILES string of the molecule is CC(=O)CCOc1ccc(Br)cc1C#N. The number of carbonyl (C=O) groups excluding carboxylic acids is 1. The Morgan fingerprint density at radius 1 is 1.60 bits per heavy atom. The van der Waals surface area contributed by atoms with E-state index in [9.17, 15) is 4.79 Å². The van der Waals surface area contributed by atoms with Crippen molar-refractivity contribution in [1.82, 2.24) is 0 Å². The molecule has 0 aromatic heterocycles. The van der Waals surface area contributed by atoms with E-state index in [1.165, 1.54) is 6.92 Å². The van der Waals surface area contributed by atoms with E-state index >= 15 is 0 Å². The van der Waals surface area contributed by atoms with Crippen LogP contribution in [0.4, 0.5) is 0 Å². The molecule has 0 spiro atoms. The highest BCUT2D eigenvalue weighted by atomic mass is 79.9. The number of rotatable bonds is 4. The molecule has 15 heavy (non-hydrogen) atoms. The van der Waals surface area contributed by atoms with E-state index in [4.69, 9.17) is 10.00 Å². The molecule has 0 fully saturated rings. The molecule has 0 heterocycles. The van der Waals surface area contributed by atoms with Crippen molar-refractivity contribution >= 4 is 21.7 Å². The van der Waals surface area contributed by atoms with Gasteiger partial charge < -0.3 is 4.74 Å². The summed E-state index contributed by atoms with van der Waals surface area (Å²) in [4.78, 5) is 10.7. The number of nitrogens with zero attached hydrogens (tertiary/aromatic N) is 1. The Hall–Kier alpha value is -1.34. The third-order valence-electron chi connectivity index (χ3n) is 1.77. The molecule has 78 valence electrons. The number of hydrogen-bond acceptors (Lipinski definition) is 3. The second-order valence-corrected chi connectivity index (χ2v) is 3.97. The Kier molecular flexibility index (Phi) is 4.32. The number of hydrogen-bond donors (Lipinski definition) is 0. The van der Waals surface area contributed by atoms with Crippen molar-refractivity contribution in [3.8, 4) is 11.8 Å². The molecule has 0 atom stereocenters. The number of halogens is 1. The first-order valence-electron chi connectivity index (χ1n) is 4.45. The molecule has 0 saturated heterocycles.